The number of pyridine rings is 1. The highest BCUT2D eigenvalue weighted by atomic mass is 19.4. The summed E-state index contributed by atoms with van der Waals surface area (Å²) in [6.45, 7) is 0. The topological polar surface area (TPSA) is 56.6 Å². The number of alkyl halides is 3. The molecule has 0 fully saturated rings. The van der Waals surface area contributed by atoms with Gasteiger partial charge in [-0.15, -0.1) is 0 Å². The summed E-state index contributed by atoms with van der Waals surface area (Å²) in [5.74, 6) is -1.55. The Morgan fingerprint density at radius 3 is 2.19 bits per heavy atom. The molecule has 27 heavy (non-hydrogen) atoms. The summed E-state index contributed by atoms with van der Waals surface area (Å²) in [5, 5.41) is 9.21. The fourth-order valence-corrected chi connectivity index (χ4v) is 2.58. The van der Waals surface area contributed by atoms with Crippen LogP contribution >= 0.6 is 0 Å². The van der Waals surface area contributed by atoms with Crippen LogP contribution in [0.2, 0.25) is 0 Å². The average molecular weight is 376 g/mol. The van der Waals surface area contributed by atoms with Gasteiger partial charge in [-0.3, -0.25) is 4.79 Å². The van der Waals surface area contributed by atoms with E-state index >= 15 is 0 Å². The lowest BCUT2D eigenvalue weighted by Gasteiger charge is -2.12. The summed E-state index contributed by atoms with van der Waals surface area (Å²) in [6, 6.07) is 9.41. The molecule has 0 amide bonds. The Balaban J connectivity index is 2.28. The van der Waals surface area contributed by atoms with E-state index in [9.17, 15) is 32.0 Å². The number of aromatic nitrogens is 1. The van der Waals surface area contributed by atoms with Crippen molar-refractivity contribution in [3.63, 3.8) is 0 Å². The molecule has 3 aromatic rings. The van der Waals surface area contributed by atoms with Crippen LogP contribution in [-0.2, 0) is 6.18 Å². The van der Waals surface area contributed by atoms with Gasteiger partial charge in [0, 0.05) is 16.8 Å². The summed E-state index contributed by atoms with van der Waals surface area (Å²) in [5.41, 5.74) is -2.92. The third-order valence-corrected chi connectivity index (χ3v) is 3.88. The molecule has 0 aliphatic heterocycles. The van der Waals surface area contributed by atoms with Crippen molar-refractivity contribution >= 4 is 0 Å². The molecule has 136 valence electrons. The molecule has 0 saturated heterocycles. The molecular weight excluding hydrogens is 367 g/mol. The van der Waals surface area contributed by atoms with Crippen molar-refractivity contribution in [2.24, 2.45) is 0 Å². The third kappa shape index (κ3) is 3.58. The Morgan fingerprint density at radius 2 is 1.59 bits per heavy atom. The van der Waals surface area contributed by atoms with E-state index in [0.717, 1.165) is 12.1 Å². The highest BCUT2D eigenvalue weighted by Crippen LogP contribution is 2.35. The number of nitriles is 1. The minimum absolute atomic E-state index is 0.103. The molecule has 0 unspecified atom stereocenters. The minimum Gasteiger partial charge on any atom is -0.321 e. The summed E-state index contributed by atoms with van der Waals surface area (Å²) < 4.78 is 66.2. The summed E-state index contributed by atoms with van der Waals surface area (Å²) >= 11 is 0. The minimum atomic E-state index is -4.73. The van der Waals surface area contributed by atoms with Gasteiger partial charge in [-0.25, -0.2) is 8.78 Å². The van der Waals surface area contributed by atoms with Gasteiger partial charge in [0.05, 0.1) is 5.56 Å². The lowest BCUT2D eigenvalue weighted by Crippen LogP contribution is -2.13. The smallest absolute Gasteiger partial charge is 0.321 e. The van der Waals surface area contributed by atoms with Gasteiger partial charge in [-0.1, -0.05) is 0 Å². The molecule has 0 aliphatic rings. The molecule has 0 bridgehead atoms. The van der Waals surface area contributed by atoms with Crippen LogP contribution in [0.25, 0.3) is 22.4 Å². The highest BCUT2D eigenvalue weighted by molar-refractivity contribution is 5.76. The Labute approximate surface area is 149 Å². The van der Waals surface area contributed by atoms with Gasteiger partial charge in [-0.05, 0) is 54.1 Å². The maximum atomic E-state index is 14.2. The number of nitrogens with zero attached hydrogens (tertiary/aromatic N) is 1. The molecule has 1 N–H and O–H groups in total. The van der Waals surface area contributed by atoms with Crippen LogP contribution in [0.1, 0.15) is 11.1 Å². The second-order valence-electron chi connectivity index (χ2n) is 5.61. The predicted molar refractivity (Wildman–Crippen MR) is 87.6 cm³/mol. The monoisotopic (exact) mass is 376 g/mol. The lowest BCUT2D eigenvalue weighted by molar-refractivity contribution is -0.137. The van der Waals surface area contributed by atoms with Crippen molar-refractivity contribution in [2.75, 3.05) is 0 Å². The number of H-pyrrole nitrogens is 1. The quantitative estimate of drug-likeness (QED) is 0.649. The van der Waals surface area contributed by atoms with E-state index in [1.165, 1.54) is 18.2 Å². The van der Waals surface area contributed by atoms with E-state index in [4.69, 9.17) is 0 Å². The molecule has 1 aromatic heterocycles. The van der Waals surface area contributed by atoms with Gasteiger partial charge >= 0.3 is 6.18 Å². The van der Waals surface area contributed by atoms with Crippen molar-refractivity contribution in [2.45, 2.75) is 6.18 Å². The van der Waals surface area contributed by atoms with Crippen LogP contribution in [0, 0.1) is 23.0 Å². The Bertz CT molecular complexity index is 1110. The van der Waals surface area contributed by atoms with E-state index < -0.39 is 40.1 Å². The first-order chi connectivity index (χ1) is 12.7. The maximum absolute atomic E-state index is 14.2. The zero-order chi connectivity index (χ0) is 19.8. The average Bonchev–Trinajstić information content (AvgIpc) is 2.61. The molecular formula is C19H9F5N2O. The molecule has 2 aromatic carbocycles. The molecule has 0 radical (unpaired) electrons. The van der Waals surface area contributed by atoms with Gasteiger partial charge in [0.25, 0.3) is 5.56 Å². The Kier molecular flexibility index (Phi) is 4.54. The molecule has 0 saturated carbocycles. The zero-order valence-corrected chi connectivity index (χ0v) is 13.4. The molecule has 3 rings (SSSR count). The first-order valence-electron chi connectivity index (χ1n) is 7.51. The van der Waals surface area contributed by atoms with Gasteiger partial charge in [0.1, 0.15) is 23.3 Å². The van der Waals surface area contributed by atoms with Crippen LogP contribution in [0.5, 0.6) is 0 Å². The molecule has 1 heterocycles. The van der Waals surface area contributed by atoms with Crippen LogP contribution < -0.4 is 5.56 Å². The van der Waals surface area contributed by atoms with Gasteiger partial charge < -0.3 is 4.98 Å². The van der Waals surface area contributed by atoms with Crippen molar-refractivity contribution in [3.05, 3.63) is 81.6 Å². The molecule has 0 spiro atoms. The summed E-state index contributed by atoms with van der Waals surface area (Å²) in [7, 11) is 0. The highest BCUT2D eigenvalue weighted by Gasteiger charge is 2.31. The number of nitrogens with one attached hydrogen (secondary N) is 1. The maximum Gasteiger partial charge on any atom is 0.416 e. The van der Waals surface area contributed by atoms with Crippen LogP contribution in [0.3, 0.4) is 0 Å². The SMILES string of the molecule is N#Cc1c(-c2cc(C(F)(F)F)ccc2F)cc(-c2ccc(F)cc2)[nH]c1=O. The van der Waals surface area contributed by atoms with Gasteiger partial charge in [0.15, 0.2) is 0 Å². The van der Waals surface area contributed by atoms with Crippen molar-refractivity contribution < 1.29 is 22.0 Å². The van der Waals surface area contributed by atoms with Crippen LogP contribution in [0.4, 0.5) is 22.0 Å². The second kappa shape index (κ2) is 6.68. The Morgan fingerprint density at radius 1 is 0.926 bits per heavy atom. The van der Waals surface area contributed by atoms with Gasteiger partial charge in [0.2, 0.25) is 0 Å². The molecule has 0 aliphatic carbocycles. The molecule has 3 nitrogen and oxygen atoms in total. The Hall–Kier alpha value is -3.47. The number of hydrogen-bond donors (Lipinski definition) is 1. The van der Waals surface area contributed by atoms with E-state index in [1.807, 2.05) is 0 Å². The van der Waals surface area contributed by atoms with Crippen LogP contribution in [0.15, 0.2) is 53.3 Å². The van der Waals surface area contributed by atoms with Crippen LogP contribution in [-0.4, -0.2) is 4.98 Å². The lowest BCUT2D eigenvalue weighted by atomic mass is 9.97. The summed E-state index contributed by atoms with van der Waals surface area (Å²) in [4.78, 5) is 14.6. The second-order valence-corrected chi connectivity index (χ2v) is 5.61. The van der Waals surface area contributed by atoms with Crippen molar-refractivity contribution in [3.8, 4) is 28.5 Å². The van der Waals surface area contributed by atoms with Gasteiger partial charge in [-0.2, -0.15) is 18.4 Å². The predicted octanol–water partition coefficient (Wildman–Crippen LogP) is 4.88. The van der Waals surface area contributed by atoms with Crippen molar-refractivity contribution in [1.29, 1.82) is 5.26 Å². The molecule has 8 heteroatoms. The number of benzene rings is 2. The normalized spacial score (nSPS) is 11.3. The van der Waals surface area contributed by atoms with E-state index in [2.05, 4.69) is 4.98 Å². The number of rotatable bonds is 2. The number of halogens is 5. The van der Waals surface area contributed by atoms with Crippen molar-refractivity contribution in [1.82, 2.24) is 4.98 Å². The first kappa shape index (κ1) is 18.3. The zero-order valence-electron chi connectivity index (χ0n) is 13.4. The fraction of sp³-hybridized carbons (Fsp3) is 0.0526. The first-order valence-corrected chi connectivity index (χ1v) is 7.51. The summed E-state index contributed by atoms with van der Waals surface area (Å²) in [6.07, 6.45) is -4.73. The van der Waals surface area contributed by atoms with E-state index in [0.29, 0.717) is 23.8 Å². The fourth-order valence-electron chi connectivity index (χ4n) is 2.58. The number of hydrogen-bond acceptors (Lipinski definition) is 2. The van der Waals surface area contributed by atoms with E-state index in [1.54, 1.807) is 6.07 Å². The largest absolute Gasteiger partial charge is 0.416 e. The number of aromatic amines is 1. The standard InChI is InChI=1S/C19H9F5N2O/c20-12-4-1-10(2-5-12)17-8-13(15(9-25)18(27)26-17)14-7-11(19(22,23)24)3-6-16(14)21/h1-8H,(H,26,27). The van der Waals surface area contributed by atoms with E-state index in [-0.39, 0.29) is 11.3 Å². The molecule has 0 atom stereocenters. The third-order valence-electron chi connectivity index (χ3n) is 3.88.